The van der Waals surface area contributed by atoms with Gasteiger partial charge in [-0.25, -0.2) is 18.2 Å². The minimum atomic E-state index is -1.66. The summed E-state index contributed by atoms with van der Waals surface area (Å²) in [5.41, 5.74) is -0.199. The molecule has 0 spiro atoms. The fraction of sp³-hybridized carbons (Fsp3) is 0.353. The molecule has 1 atom stereocenters. The third kappa shape index (κ3) is 6.03. The van der Waals surface area contributed by atoms with Crippen LogP contribution in [-0.4, -0.2) is 26.9 Å². The molecule has 5 nitrogen and oxygen atoms in total. The number of amides is 1. The van der Waals surface area contributed by atoms with Crippen molar-refractivity contribution in [3.63, 3.8) is 0 Å². The highest BCUT2D eigenvalue weighted by Crippen LogP contribution is 2.23. The van der Waals surface area contributed by atoms with E-state index in [1.165, 1.54) is 13.0 Å². The zero-order chi connectivity index (χ0) is 20.0. The number of hydrogen-bond acceptors (Lipinski definition) is 5. The molecule has 2 aromatic rings. The summed E-state index contributed by atoms with van der Waals surface area (Å²) in [6.07, 6.45) is 1.01. The molecule has 0 saturated heterocycles. The van der Waals surface area contributed by atoms with Gasteiger partial charge in [-0.1, -0.05) is 18.7 Å². The van der Waals surface area contributed by atoms with Crippen LogP contribution in [0.1, 0.15) is 26.0 Å². The van der Waals surface area contributed by atoms with Crippen molar-refractivity contribution in [1.29, 1.82) is 0 Å². The van der Waals surface area contributed by atoms with Gasteiger partial charge in [0.15, 0.2) is 22.6 Å². The predicted molar refractivity (Wildman–Crippen MR) is 102 cm³/mol. The number of carbonyl (C=O) groups excluding carboxylic acids is 1. The molecular weight excluding hydrogens is 399 g/mol. The molecule has 0 fully saturated rings. The molecule has 27 heavy (non-hydrogen) atoms. The number of aromatic amines is 1. The second-order valence-electron chi connectivity index (χ2n) is 5.57. The van der Waals surface area contributed by atoms with E-state index < -0.39 is 34.3 Å². The van der Waals surface area contributed by atoms with Crippen molar-refractivity contribution in [3.05, 3.63) is 51.7 Å². The molecule has 2 N–H and O–H groups in total. The number of benzene rings is 1. The van der Waals surface area contributed by atoms with E-state index in [1.807, 2.05) is 0 Å². The summed E-state index contributed by atoms with van der Waals surface area (Å²) in [7, 11) is 0. The Bertz CT molecular complexity index is 877. The van der Waals surface area contributed by atoms with Crippen molar-refractivity contribution >= 4 is 35.1 Å². The van der Waals surface area contributed by atoms with Gasteiger partial charge in [0.1, 0.15) is 0 Å². The zero-order valence-electron chi connectivity index (χ0n) is 14.6. The number of hydrogen-bond donors (Lipinski definition) is 2. The van der Waals surface area contributed by atoms with Crippen LogP contribution < -0.4 is 10.9 Å². The number of anilines is 1. The van der Waals surface area contributed by atoms with Crippen LogP contribution in [0.5, 0.6) is 0 Å². The van der Waals surface area contributed by atoms with Crippen LogP contribution >= 0.6 is 23.5 Å². The van der Waals surface area contributed by atoms with Crippen molar-refractivity contribution < 1.29 is 18.0 Å². The van der Waals surface area contributed by atoms with Crippen molar-refractivity contribution in [2.45, 2.75) is 36.4 Å². The fourth-order valence-corrected chi connectivity index (χ4v) is 3.63. The van der Waals surface area contributed by atoms with Crippen molar-refractivity contribution in [3.8, 4) is 0 Å². The first-order valence-corrected chi connectivity index (χ1v) is 10.1. The summed E-state index contributed by atoms with van der Waals surface area (Å²) in [6, 6.07) is 3.06. The lowest BCUT2D eigenvalue weighted by Gasteiger charge is -2.12. The quantitative estimate of drug-likeness (QED) is 0.294. The smallest absolute Gasteiger partial charge is 0.251 e. The number of halogens is 3. The van der Waals surface area contributed by atoms with Crippen LogP contribution in [0, 0.1) is 17.5 Å². The highest BCUT2D eigenvalue weighted by molar-refractivity contribution is 8.00. The van der Waals surface area contributed by atoms with Gasteiger partial charge in [0.25, 0.3) is 5.56 Å². The summed E-state index contributed by atoms with van der Waals surface area (Å²) < 4.78 is 39.9. The lowest BCUT2D eigenvalue weighted by Crippen LogP contribution is -2.24. The molecule has 10 heteroatoms. The van der Waals surface area contributed by atoms with E-state index in [1.54, 1.807) is 11.8 Å². The Labute approximate surface area is 162 Å². The Balaban J connectivity index is 2.06. The molecule has 1 unspecified atom stereocenters. The van der Waals surface area contributed by atoms with E-state index in [2.05, 4.69) is 22.2 Å². The molecule has 1 heterocycles. The zero-order valence-corrected chi connectivity index (χ0v) is 16.3. The van der Waals surface area contributed by atoms with Gasteiger partial charge in [-0.05, 0) is 31.2 Å². The topological polar surface area (TPSA) is 74.8 Å². The second-order valence-corrected chi connectivity index (χ2v) is 8.00. The van der Waals surface area contributed by atoms with E-state index >= 15 is 0 Å². The maximum Gasteiger partial charge on any atom is 0.251 e. The molecule has 2 rings (SSSR count). The normalized spacial score (nSPS) is 12.0. The summed E-state index contributed by atoms with van der Waals surface area (Å²) in [4.78, 5) is 30.8. The highest BCUT2D eigenvalue weighted by atomic mass is 32.2. The van der Waals surface area contributed by atoms with Gasteiger partial charge in [0.2, 0.25) is 5.91 Å². The van der Waals surface area contributed by atoms with Gasteiger partial charge < -0.3 is 10.3 Å². The molecule has 0 saturated carbocycles. The Kier molecular flexibility index (Phi) is 7.78. The van der Waals surface area contributed by atoms with Crippen LogP contribution in [-0.2, 0) is 10.5 Å². The molecular formula is C17H18F3N3O2S2. The predicted octanol–water partition coefficient (Wildman–Crippen LogP) is 3.95. The van der Waals surface area contributed by atoms with Crippen LogP contribution in [0.2, 0.25) is 0 Å². The molecule has 0 aliphatic heterocycles. The lowest BCUT2D eigenvalue weighted by atomic mass is 10.2. The van der Waals surface area contributed by atoms with Gasteiger partial charge in [0.05, 0.1) is 16.6 Å². The number of nitrogens with zero attached hydrogens (tertiary/aromatic N) is 1. The SMILES string of the molecule is CCCSCc1cc(=O)[nH]c(SC(C)C(=O)Nc2ccc(F)c(F)c2F)n1. The standard InChI is InChI=1S/C17H18F3N3O2S2/c1-3-6-26-8-10-7-13(24)23-17(21-10)27-9(2)16(25)22-12-5-4-11(18)14(19)15(12)20/h4-5,7,9H,3,6,8H2,1-2H3,(H,22,25)(H,21,23,24). The summed E-state index contributed by atoms with van der Waals surface area (Å²) >= 11 is 2.62. The van der Waals surface area contributed by atoms with Gasteiger partial charge in [-0.3, -0.25) is 9.59 Å². The van der Waals surface area contributed by atoms with Crippen LogP contribution in [0.15, 0.2) is 28.2 Å². The number of H-pyrrole nitrogens is 1. The second kappa shape index (κ2) is 9.84. The Morgan fingerprint density at radius 3 is 2.74 bits per heavy atom. The summed E-state index contributed by atoms with van der Waals surface area (Å²) in [6.45, 7) is 3.58. The number of rotatable bonds is 8. The Morgan fingerprint density at radius 2 is 2.04 bits per heavy atom. The third-order valence-corrected chi connectivity index (χ3v) is 5.50. The minimum Gasteiger partial charge on any atom is -0.323 e. The van der Waals surface area contributed by atoms with E-state index in [4.69, 9.17) is 0 Å². The molecule has 1 aromatic heterocycles. The average Bonchev–Trinajstić information content (AvgIpc) is 2.62. The molecule has 0 aliphatic rings. The number of thioether (sulfide) groups is 2. The summed E-state index contributed by atoms with van der Waals surface area (Å²) in [5.74, 6) is -3.59. The fourth-order valence-electron chi connectivity index (χ4n) is 2.01. The Morgan fingerprint density at radius 1 is 1.30 bits per heavy atom. The molecule has 0 radical (unpaired) electrons. The maximum absolute atomic E-state index is 13.7. The molecule has 146 valence electrons. The van der Waals surface area contributed by atoms with E-state index in [0.717, 1.165) is 36.1 Å². The third-order valence-electron chi connectivity index (χ3n) is 3.32. The maximum atomic E-state index is 13.7. The number of nitrogens with one attached hydrogen (secondary N) is 2. The largest absolute Gasteiger partial charge is 0.323 e. The highest BCUT2D eigenvalue weighted by Gasteiger charge is 2.20. The van der Waals surface area contributed by atoms with E-state index in [9.17, 15) is 22.8 Å². The first-order valence-electron chi connectivity index (χ1n) is 8.10. The first kappa shape index (κ1) is 21.4. The van der Waals surface area contributed by atoms with Crippen molar-refractivity contribution in [1.82, 2.24) is 9.97 Å². The first-order chi connectivity index (χ1) is 12.8. The van der Waals surface area contributed by atoms with Gasteiger partial charge in [-0.2, -0.15) is 11.8 Å². The number of carbonyl (C=O) groups is 1. The van der Waals surface area contributed by atoms with Gasteiger partial charge in [0, 0.05) is 11.8 Å². The molecule has 0 bridgehead atoms. The molecule has 1 aromatic carbocycles. The lowest BCUT2D eigenvalue weighted by molar-refractivity contribution is -0.115. The van der Waals surface area contributed by atoms with Crippen LogP contribution in [0.3, 0.4) is 0 Å². The average molecular weight is 417 g/mol. The van der Waals surface area contributed by atoms with Crippen molar-refractivity contribution in [2.24, 2.45) is 0 Å². The van der Waals surface area contributed by atoms with Gasteiger partial charge in [-0.15, -0.1) is 0 Å². The van der Waals surface area contributed by atoms with E-state index in [0.29, 0.717) is 11.4 Å². The van der Waals surface area contributed by atoms with Crippen LogP contribution in [0.4, 0.5) is 18.9 Å². The molecule has 1 amide bonds. The summed E-state index contributed by atoms with van der Waals surface area (Å²) in [5, 5.41) is 1.69. The van der Waals surface area contributed by atoms with E-state index in [-0.39, 0.29) is 10.7 Å². The Hall–Kier alpha value is -1.94. The monoisotopic (exact) mass is 417 g/mol. The van der Waals surface area contributed by atoms with Crippen LogP contribution in [0.25, 0.3) is 0 Å². The van der Waals surface area contributed by atoms with Gasteiger partial charge >= 0.3 is 0 Å². The minimum absolute atomic E-state index is 0.253. The molecule has 0 aliphatic carbocycles. The number of aromatic nitrogens is 2. The van der Waals surface area contributed by atoms with Crippen molar-refractivity contribution in [2.75, 3.05) is 11.1 Å².